The maximum atomic E-state index is 11.4. The van der Waals surface area contributed by atoms with Gasteiger partial charge in [-0.1, -0.05) is 30.3 Å². The third-order valence-electron chi connectivity index (χ3n) is 2.96. The van der Waals surface area contributed by atoms with Crippen molar-refractivity contribution in [3.05, 3.63) is 60.2 Å². The summed E-state index contributed by atoms with van der Waals surface area (Å²) in [6.45, 7) is 1.53. The second-order valence-corrected chi connectivity index (χ2v) is 4.42. The van der Waals surface area contributed by atoms with E-state index in [1.165, 1.54) is 6.92 Å². The molecular weight excluding hydrogens is 252 g/mol. The summed E-state index contributed by atoms with van der Waals surface area (Å²) in [7, 11) is 0. The molecule has 0 aliphatic heterocycles. The van der Waals surface area contributed by atoms with Crippen molar-refractivity contribution in [2.45, 2.75) is 6.92 Å². The number of ketones is 1. The van der Waals surface area contributed by atoms with Crippen molar-refractivity contribution in [1.82, 2.24) is 10.2 Å². The van der Waals surface area contributed by atoms with Crippen molar-refractivity contribution < 1.29 is 9.21 Å². The molecule has 0 aliphatic carbocycles. The SMILES string of the molecule is CC(=O)c1cccc(-c2nnc(-c3ccccc3)o2)c1. The summed E-state index contributed by atoms with van der Waals surface area (Å²) in [4.78, 5) is 11.4. The standard InChI is InChI=1S/C16H12N2O2/c1-11(19)13-8-5-9-14(10-13)16-18-17-15(20-16)12-6-3-2-4-7-12/h2-10H,1H3. The summed E-state index contributed by atoms with van der Waals surface area (Å²) in [5.41, 5.74) is 2.24. The summed E-state index contributed by atoms with van der Waals surface area (Å²) in [6, 6.07) is 16.7. The van der Waals surface area contributed by atoms with Gasteiger partial charge in [-0.05, 0) is 31.2 Å². The zero-order valence-electron chi connectivity index (χ0n) is 10.9. The first-order valence-corrected chi connectivity index (χ1v) is 6.24. The fraction of sp³-hybridized carbons (Fsp3) is 0.0625. The number of benzene rings is 2. The Morgan fingerprint density at radius 1 is 0.900 bits per heavy atom. The van der Waals surface area contributed by atoms with Gasteiger partial charge in [0, 0.05) is 16.7 Å². The molecule has 1 aromatic heterocycles. The molecule has 0 N–H and O–H groups in total. The average molecular weight is 264 g/mol. The number of hydrogen-bond donors (Lipinski definition) is 0. The van der Waals surface area contributed by atoms with Crippen molar-refractivity contribution in [1.29, 1.82) is 0 Å². The van der Waals surface area contributed by atoms with Gasteiger partial charge in [0.25, 0.3) is 0 Å². The van der Waals surface area contributed by atoms with Gasteiger partial charge < -0.3 is 4.42 Å². The Morgan fingerprint density at radius 3 is 2.25 bits per heavy atom. The van der Waals surface area contributed by atoms with Crippen LogP contribution in [0.3, 0.4) is 0 Å². The maximum absolute atomic E-state index is 11.4. The molecule has 4 nitrogen and oxygen atoms in total. The number of hydrogen-bond acceptors (Lipinski definition) is 4. The molecule has 0 saturated heterocycles. The first-order chi connectivity index (χ1) is 9.74. The summed E-state index contributed by atoms with van der Waals surface area (Å²) in [5, 5.41) is 8.07. The van der Waals surface area contributed by atoms with Crippen LogP contribution in [0.1, 0.15) is 17.3 Å². The molecule has 0 radical (unpaired) electrons. The highest BCUT2D eigenvalue weighted by atomic mass is 16.4. The highest BCUT2D eigenvalue weighted by Gasteiger charge is 2.11. The van der Waals surface area contributed by atoms with Crippen molar-refractivity contribution in [2.24, 2.45) is 0 Å². The molecule has 1 heterocycles. The number of rotatable bonds is 3. The Kier molecular flexibility index (Phi) is 3.13. The van der Waals surface area contributed by atoms with Crippen LogP contribution in [0.15, 0.2) is 59.0 Å². The van der Waals surface area contributed by atoms with E-state index >= 15 is 0 Å². The van der Waals surface area contributed by atoms with E-state index in [2.05, 4.69) is 10.2 Å². The predicted octanol–water partition coefficient (Wildman–Crippen LogP) is 3.61. The Balaban J connectivity index is 1.98. The molecule has 20 heavy (non-hydrogen) atoms. The van der Waals surface area contributed by atoms with E-state index in [1.54, 1.807) is 18.2 Å². The van der Waals surface area contributed by atoms with Gasteiger partial charge in [-0.2, -0.15) is 0 Å². The van der Waals surface area contributed by atoms with Crippen LogP contribution < -0.4 is 0 Å². The van der Waals surface area contributed by atoms with Crippen LogP contribution >= 0.6 is 0 Å². The fourth-order valence-electron chi connectivity index (χ4n) is 1.91. The minimum Gasteiger partial charge on any atom is -0.416 e. The first-order valence-electron chi connectivity index (χ1n) is 6.24. The number of nitrogens with zero attached hydrogens (tertiary/aromatic N) is 2. The lowest BCUT2D eigenvalue weighted by atomic mass is 10.1. The molecule has 3 rings (SSSR count). The van der Waals surface area contributed by atoms with E-state index in [9.17, 15) is 4.79 Å². The van der Waals surface area contributed by atoms with Crippen LogP contribution in [0.5, 0.6) is 0 Å². The van der Waals surface area contributed by atoms with Crippen LogP contribution in [0.25, 0.3) is 22.9 Å². The fourth-order valence-corrected chi connectivity index (χ4v) is 1.91. The van der Waals surface area contributed by atoms with Crippen LogP contribution in [0, 0.1) is 0 Å². The van der Waals surface area contributed by atoms with E-state index in [1.807, 2.05) is 36.4 Å². The van der Waals surface area contributed by atoms with Gasteiger partial charge >= 0.3 is 0 Å². The topological polar surface area (TPSA) is 56.0 Å². The minimum absolute atomic E-state index is 0.00893. The number of carbonyl (C=O) groups is 1. The first kappa shape index (κ1) is 12.3. The van der Waals surface area contributed by atoms with Gasteiger partial charge in [0.15, 0.2) is 5.78 Å². The normalized spacial score (nSPS) is 10.4. The van der Waals surface area contributed by atoms with Crippen molar-refractivity contribution in [3.63, 3.8) is 0 Å². The zero-order valence-corrected chi connectivity index (χ0v) is 10.9. The van der Waals surface area contributed by atoms with Crippen LogP contribution in [-0.2, 0) is 0 Å². The second-order valence-electron chi connectivity index (χ2n) is 4.42. The molecule has 3 aromatic rings. The number of Topliss-reactive ketones (excluding diaryl/α,β-unsaturated/α-hetero) is 1. The van der Waals surface area contributed by atoms with Gasteiger partial charge in [0.2, 0.25) is 11.8 Å². The molecule has 98 valence electrons. The van der Waals surface area contributed by atoms with Crippen molar-refractivity contribution in [2.75, 3.05) is 0 Å². The Labute approximate surface area is 116 Å². The Bertz CT molecular complexity index is 748. The molecule has 2 aromatic carbocycles. The molecule has 0 amide bonds. The van der Waals surface area contributed by atoms with Gasteiger partial charge in [-0.25, -0.2) is 0 Å². The molecule has 0 spiro atoms. The van der Waals surface area contributed by atoms with E-state index in [-0.39, 0.29) is 5.78 Å². The summed E-state index contributed by atoms with van der Waals surface area (Å²) in [5.74, 6) is 0.885. The summed E-state index contributed by atoms with van der Waals surface area (Å²) >= 11 is 0. The zero-order chi connectivity index (χ0) is 13.9. The lowest BCUT2D eigenvalue weighted by Gasteiger charge is -1.98. The van der Waals surface area contributed by atoms with Gasteiger partial charge in [0.05, 0.1) is 0 Å². The smallest absolute Gasteiger partial charge is 0.248 e. The quantitative estimate of drug-likeness (QED) is 0.678. The lowest BCUT2D eigenvalue weighted by molar-refractivity contribution is 0.101. The van der Waals surface area contributed by atoms with Crippen LogP contribution in [0.2, 0.25) is 0 Å². The number of aromatic nitrogens is 2. The van der Waals surface area contributed by atoms with Gasteiger partial charge in [0.1, 0.15) is 0 Å². The predicted molar refractivity (Wildman–Crippen MR) is 75.2 cm³/mol. The molecule has 0 fully saturated rings. The molecule has 0 bridgehead atoms. The van der Waals surface area contributed by atoms with Crippen molar-refractivity contribution in [3.8, 4) is 22.9 Å². The molecule has 0 aliphatic rings. The Morgan fingerprint density at radius 2 is 1.55 bits per heavy atom. The minimum atomic E-state index is 0.00893. The van der Waals surface area contributed by atoms with E-state index in [4.69, 9.17) is 4.42 Å². The molecule has 0 saturated carbocycles. The molecule has 0 atom stereocenters. The van der Waals surface area contributed by atoms with E-state index in [0.29, 0.717) is 17.3 Å². The second kappa shape index (κ2) is 5.09. The van der Waals surface area contributed by atoms with Crippen molar-refractivity contribution >= 4 is 5.78 Å². The number of carbonyl (C=O) groups excluding carboxylic acids is 1. The molecular formula is C16H12N2O2. The third-order valence-corrected chi connectivity index (χ3v) is 2.96. The van der Waals surface area contributed by atoms with E-state index < -0.39 is 0 Å². The van der Waals surface area contributed by atoms with Gasteiger partial charge in [-0.3, -0.25) is 4.79 Å². The Hall–Kier alpha value is -2.75. The maximum Gasteiger partial charge on any atom is 0.248 e. The molecule has 4 heteroatoms. The molecule has 0 unspecified atom stereocenters. The average Bonchev–Trinajstić information content (AvgIpc) is 2.98. The van der Waals surface area contributed by atoms with Crippen LogP contribution in [-0.4, -0.2) is 16.0 Å². The lowest BCUT2D eigenvalue weighted by Crippen LogP contribution is -1.91. The van der Waals surface area contributed by atoms with Gasteiger partial charge in [-0.15, -0.1) is 10.2 Å². The van der Waals surface area contributed by atoms with E-state index in [0.717, 1.165) is 11.1 Å². The summed E-state index contributed by atoms with van der Waals surface area (Å²) < 4.78 is 5.66. The van der Waals surface area contributed by atoms with Crippen LogP contribution in [0.4, 0.5) is 0 Å². The largest absolute Gasteiger partial charge is 0.416 e. The highest BCUT2D eigenvalue weighted by Crippen LogP contribution is 2.24. The third kappa shape index (κ3) is 2.36. The highest BCUT2D eigenvalue weighted by molar-refractivity contribution is 5.95. The monoisotopic (exact) mass is 264 g/mol. The summed E-state index contributed by atoms with van der Waals surface area (Å²) in [6.07, 6.45) is 0.